The molecule has 1 atom stereocenters. The van der Waals surface area contributed by atoms with Crippen LogP contribution in [-0.2, 0) is 11.3 Å². The Morgan fingerprint density at radius 2 is 2.64 bits per heavy atom. The Balaban J connectivity index is 1.67. The highest BCUT2D eigenvalue weighted by atomic mass is 32.1. The van der Waals surface area contributed by atoms with Gasteiger partial charge >= 0.3 is 0 Å². The van der Waals surface area contributed by atoms with E-state index in [9.17, 15) is 0 Å². The fraction of sp³-hybridized carbons (Fsp3) is 0.700. The van der Waals surface area contributed by atoms with Crippen LogP contribution >= 0.6 is 11.3 Å². The average Bonchev–Trinajstić information content (AvgIpc) is 2.77. The molecule has 3 nitrogen and oxygen atoms in total. The predicted octanol–water partition coefficient (Wildman–Crippen LogP) is 1.72. The molecule has 1 N–H and O–H groups in total. The van der Waals surface area contributed by atoms with Crippen LogP contribution in [0.15, 0.2) is 5.38 Å². The molecule has 0 aliphatic carbocycles. The maximum atomic E-state index is 5.52. The van der Waals surface area contributed by atoms with Crippen LogP contribution in [0, 0.1) is 6.92 Å². The second-order valence-corrected chi connectivity index (χ2v) is 4.59. The van der Waals surface area contributed by atoms with Crippen molar-refractivity contribution in [2.75, 3.05) is 13.2 Å². The molecule has 0 bridgehead atoms. The number of ether oxygens (including phenoxy) is 1. The average molecular weight is 212 g/mol. The van der Waals surface area contributed by atoms with Crippen LogP contribution in [0.4, 0.5) is 0 Å². The van der Waals surface area contributed by atoms with Crippen molar-refractivity contribution in [1.29, 1.82) is 0 Å². The van der Waals surface area contributed by atoms with E-state index in [0.29, 0.717) is 6.10 Å². The van der Waals surface area contributed by atoms with E-state index >= 15 is 0 Å². The summed E-state index contributed by atoms with van der Waals surface area (Å²) in [6.45, 7) is 4.79. The molecule has 14 heavy (non-hydrogen) atoms. The van der Waals surface area contributed by atoms with Gasteiger partial charge in [0.15, 0.2) is 0 Å². The van der Waals surface area contributed by atoms with Gasteiger partial charge in [0.1, 0.15) is 5.01 Å². The Morgan fingerprint density at radius 3 is 3.29 bits per heavy atom. The van der Waals surface area contributed by atoms with Crippen LogP contribution in [-0.4, -0.2) is 24.2 Å². The quantitative estimate of drug-likeness (QED) is 0.825. The number of aryl methyl sites for hydroxylation is 1. The van der Waals surface area contributed by atoms with Gasteiger partial charge < -0.3 is 10.1 Å². The molecule has 0 amide bonds. The van der Waals surface area contributed by atoms with Gasteiger partial charge in [-0.15, -0.1) is 11.3 Å². The van der Waals surface area contributed by atoms with Gasteiger partial charge in [0.25, 0.3) is 0 Å². The summed E-state index contributed by atoms with van der Waals surface area (Å²) in [7, 11) is 0. The summed E-state index contributed by atoms with van der Waals surface area (Å²) in [5.41, 5.74) is 1.11. The van der Waals surface area contributed by atoms with E-state index in [1.807, 2.05) is 6.92 Å². The van der Waals surface area contributed by atoms with E-state index in [1.165, 1.54) is 17.8 Å². The molecule has 2 rings (SSSR count). The zero-order valence-corrected chi connectivity index (χ0v) is 9.27. The van der Waals surface area contributed by atoms with Crippen molar-refractivity contribution in [1.82, 2.24) is 10.3 Å². The van der Waals surface area contributed by atoms with Crippen molar-refractivity contribution < 1.29 is 4.74 Å². The molecule has 1 saturated heterocycles. The minimum atomic E-state index is 0.427. The lowest BCUT2D eigenvalue weighted by atomic mass is 10.2. The first-order chi connectivity index (χ1) is 6.84. The predicted molar refractivity (Wildman–Crippen MR) is 57.5 cm³/mol. The van der Waals surface area contributed by atoms with E-state index in [-0.39, 0.29) is 0 Å². The third kappa shape index (κ3) is 2.77. The molecule has 1 aliphatic heterocycles. The molecule has 0 spiro atoms. The van der Waals surface area contributed by atoms with Crippen molar-refractivity contribution in [2.24, 2.45) is 0 Å². The van der Waals surface area contributed by atoms with Crippen LogP contribution in [0.5, 0.6) is 0 Å². The number of nitrogens with zero attached hydrogens (tertiary/aromatic N) is 1. The molecule has 2 heterocycles. The minimum absolute atomic E-state index is 0.427. The van der Waals surface area contributed by atoms with Crippen molar-refractivity contribution in [3.8, 4) is 0 Å². The molecular weight excluding hydrogens is 196 g/mol. The number of aromatic nitrogens is 1. The van der Waals surface area contributed by atoms with Crippen LogP contribution < -0.4 is 5.32 Å². The fourth-order valence-corrected chi connectivity index (χ4v) is 2.37. The number of thiazole rings is 1. The molecular formula is C10H16N2OS. The smallest absolute Gasteiger partial charge is 0.107 e. The Bertz CT molecular complexity index is 281. The second kappa shape index (κ2) is 4.87. The van der Waals surface area contributed by atoms with Crippen LogP contribution in [0.25, 0.3) is 0 Å². The largest absolute Gasteiger partial charge is 0.377 e. The molecule has 4 heteroatoms. The summed E-state index contributed by atoms with van der Waals surface area (Å²) in [6.07, 6.45) is 2.84. The van der Waals surface area contributed by atoms with Crippen LogP contribution in [0.1, 0.15) is 23.5 Å². The molecule has 78 valence electrons. The van der Waals surface area contributed by atoms with Crippen molar-refractivity contribution in [3.63, 3.8) is 0 Å². The Labute approximate surface area is 88.5 Å². The zero-order chi connectivity index (χ0) is 9.80. The van der Waals surface area contributed by atoms with Gasteiger partial charge in [-0.2, -0.15) is 0 Å². The lowest BCUT2D eigenvalue weighted by Gasteiger charge is -2.09. The van der Waals surface area contributed by atoms with E-state index in [2.05, 4.69) is 15.7 Å². The Kier molecular flexibility index (Phi) is 3.50. The maximum Gasteiger partial charge on any atom is 0.107 e. The minimum Gasteiger partial charge on any atom is -0.377 e. The summed E-state index contributed by atoms with van der Waals surface area (Å²) in [6, 6.07) is 0. The third-order valence-corrected chi connectivity index (χ3v) is 3.31. The standard InChI is InChI=1S/C10H16N2OS/c1-8-7-14-10(12-8)6-11-5-9-3-2-4-13-9/h7,9,11H,2-6H2,1H3. The van der Waals surface area contributed by atoms with Gasteiger partial charge in [0, 0.05) is 30.8 Å². The fourth-order valence-electron chi connectivity index (χ4n) is 1.63. The van der Waals surface area contributed by atoms with E-state index in [1.54, 1.807) is 11.3 Å². The van der Waals surface area contributed by atoms with Crippen LogP contribution in [0.2, 0.25) is 0 Å². The molecule has 0 aromatic carbocycles. The van der Waals surface area contributed by atoms with Gasteiger partial charge in [-0.05, 0) is 19.8 Å². The van der Waals surface area contributed by atoms with E-state index in [0.717, 1.165) is 25.4 Å². The summed E-state index contributed by atoms with van der Waals surface area (Å²) < 4.78 is 5.52. The first-order valence-electron chi connectivity index (χ1n) is 5.08. The van der Waals surface area contributed by atoms with Gasteiger partial charge in [-0.3, -0.25) is 0 Å². The van der Waals surface area contributed by atoms with Crippen molar-refractivity contribution >= 4 is 11.3 Å². The topological polar surface area (TPSA) is 34.1 Å². The highest BCUT2D eigenvalue weighted by molar-refractivity contribution is 7.09. The summed E-state index contributed by atoms with van der Waals surface area (Å²) >= 11 is 1.72. The third-order valence-electron chi connectivity index (χ3n) is 2.34. The Morgan fingerprint density at radius 1 is 1.71 bits per heavy atom. The SMILES string of the molecule is Cc1csc(CNCC2CCCO2)n1. The molecule has 1 fully saturated rings. The van der Waals surface area contributed by atoms with Crippen LogP contribution in [0.3, 0.4) is 0 Å². The van der Waals surface area contributed by atoms with Gasteiger partial charge in [-0.1, -0.05) is 0 Å². The molecule has 1 aromatic heterocycles. The lowest BCUT2D eigenvalue weighted by Crippen LogP contribution is -2.25. The molecule has 1 aromatic rings. The monoisotopic (exact) mass is 212 g/mol. The summed E-state index contributed by atoms with van der Waals surface area (Å²) in [4.78, 5) is 4.39. The van der Waals surface area contributed by atoms with Gasteiger partial charge in [0.05, 0.1) is 6.10 Å². The molecule has 1 aliphatic rings. The molecule has 0 saturated carbocycles. The number of hydrogen-bond donors (Lipinski definition) is 1. The van der Waals surface area contributed by atoms with Crippen molar-refractivity contribution in [3.05, 3.63) is 16.1 Å². The maximum absolute atomic E-state index is 5.52. The summed E-state index contributed by atoms with van der Waals surface area (Å²) in [5.74, 6) is 0. The number of nitrogens with one attached hydrogen (secondary N) is 1. The lowest BCUT2D eigenvalue weighted by molar-refractivity contribution is 0.110. The first-order valence-corrected chi connectivity index (χ1v) is 5.96. The van der Waals surface area contributed by atoms with E-state index in [4.69, 9.17) is 4.74 Å². The zero-order valence-electron chi connectivity index (χ0n) is 8.45. The number of rotatable bonds is 4. The highest BCUT2D eigenvalue weighted by Crippen LogP contribution is 2.11. The van der Waals surface area contributed by atoms with E-state index < -0.39 is 0 Å². The van der Waals surface area contributed by atoms with Gasteiger partial charge in [-0.25, -0.2) is 4.98 Å². The Hall–Kier alpha value is -0.450. The van der Waals surface area contributed by atoms with Gasteiger partial charge in [0.2, 0.25) is 0 Å². The highest BCUT2D eigenvalue weighted by Gasteiger charge is 2.14. The normalized spacial score (nSPS) is 21.6. The molecule has 1 unspecified atom stereocenters. The first kappa shape index (κ1) is 10.1. The second-order valence-electron chi connectivity index (χ2n) is 3.65. The number of hydrogen-bond acceptors (Lipinski definition) is 4. The molecule has 0 radical (unpaired) electrons. The van der Waals surface area contributed by atoms with Crippen molar-refractivity contribution in [2.45, 2.75) is 32.4 Å². The summed E-state index contributed by atoms with van der Waals surface area (Å²) in [5, 5.41) is 6.63.